The number of aryl methyl sites for hydroxylation is 2. The molecule has 0 unspecified atom stereocenters. The summed E-state index contributed by atoms with van der Waals surface area (Å²) in [6.07, 6.45) is 25.7. The van der Waals surface area contributed by atoms with Gasteiger partial charge in [0.1, 0.15) is 0 Å². The number of anilines is 5. The second-order valence-corrected chi connectivity index (χ2v) is 19.4. The molecular weight excluding hydrogens is 821 g/mol. The minimum atomic E-state index is 0.284. The number of ether oxygens (including phenoxy) is 3. The van der Waals surface area contributed by atoms with Crippen molar-refractivity contribution in [2.75, 3.05) is 49.4 Å². The van der Waals surface area contributed by atoms with E-state index in [-0.39, 0.29) is 5.41 Å². The summed E-state index contributed by atoms with van der Waals surface area (Å²) in [4.78, 5) is 4.77. The number of hydrogen-bond donors (Lipinski definition) is 0. The van der Waals surface area contributed by atoms with E-state index < -0.39 is 0 Å². The molecule has 356 valence electrons. The average molecular weight is 901 g/mol. The number of benzene rings is 5. The molecule has 0 radical (unpaired) electrons. The molecule has 1 saturated heterocycles. The molecule has 1 aliphatic carbocycles. The third kappa shape index (κ3) is 14.1. The van der Waals surface area contributed by atoms with Gasteiger partial charge in [-0.25, -0.2) is 0 Å². The van der Waals surface area contributed by atoms with Gasteiger partial charge in [-0.1, -0.05) is 132 Å². The average Bonchev–Trinajstić information content (AvgIpc) is 3.37. The van der Waals surface area contributed by atoms with Crippen LogP contribution in [0.4, 0.5) is 28.4 Å². The second kappa shape index (κ2) is 26.0. The Balaban J connectivity index is 0.928. The maximum absolute atomic E-state index is 6.13. The Bertz CT molecular complexity index is 2210. The molecule has 0 atom stereocenters. The molecule has 5 aromatic carbocycles. The number of nitrogens with zero attached hydrogens (tertiary/aromatic N) is 2. The maximum Gasteiger partial charge on any atom is 0.0566 e. The van der Waals surface area contributed by atoms with E-state index in [1.165, 1.54) is 103 Å². The Morgan fingerprint density at radius 1 is 0.507 bits per heavy atom. The highest BCUT2D eigenvalue weighted by Crippen LogP contribution is 2.38. The monoisotopic (exact) mass is 901 g/mol. The van der Waals surface area contributed by atoms with Crippen molar-refractivity contribution in [3.05, 3.63) is 162 Å². The second-order valence-electron chi connectivity index (χ2n) is 19.4. The summed E-state index contributed by atoms with van der Waals surface area (Å²) >= 11 is 0. The first-order valence-electron chi connectivity index (χ1n) is 26.1. The molecule has 2 aliphatic rings. The third-order valence-corrected chi connectivity index (χ3v) is 14.9. The first-order chi connectivity index (χ1) is 33.0. The fourth-order valence-electron chi connectivity index (χ4n) is 9.65. The smallest absolute Gasteiger partial charge is 0.0566 e. The fourth-order valence-corrected chi connectivity index (χ4v) is 9.65. The predicted molar refractivity (Wildman–Crippen MR) is 284 cm³/mol. The molecule has 1 heterocycles. The van der Waals surface area contributed by atoms with Crippen molar-refractivity contribution >= 4 is 28.4 Å². The summed E-state index contributed by atoms with van der Waals surface area (Å²) in [5, 5.41) is 0. The largest absolute Gasteiger partial charge is 0.381 e. The lowest BCUT2D eigenvalue weighted by Gasteiger charge is -2.40. The Hall–Kier alpha value is -4.94. The van der Waals surface area contributed by atoms with E-state index >= 15 is 0 Å². The van der Waals surface area contributed by atoms with Crippen LogP contribution in [0.2, 0.25) is 0 Å². The van der Waals surface area contributed by atoms with E-state index in [1.807, 2.05) is 0 Å². The van der Waals surface area contributed by atoms with E-state index in [4.69, 9.17) is 14.2 Å². The SMILES string of the molecule is CCC(CC)(CC)COCCCCCCc1ccc(N(c2ccccc2)c2ccc(-c3ccc(N(C4=CCCC=C4)c4ccc(CCCCCCOCC5(CC)COC5)cc4)cc3)cc2)cc1. The quantitative estimate of drug-likeness (QED) is 0.0447. The molecule has 0 bridgehead atoms. The summed E-state index contributed by atoms with van der Waals surface area (Å²) in [5.74, 6) is 0. The van der Waals surface area contributed by atoms with Gasteiger partial charge in [0.05, 0.1) is 26.4 Å². The highest BCUT2D eigenvalue weighted by atomic mass is 16.5. The molecule has 1 fully saturated rings. The van der Waals surface area contributed by atoms with Crippen molar-refractivity contribution < 1.29 is 14.2 Å². The summed E-state index contributed by atoms with van der Waals surface area (Å²) in [6.45, 7) is 14.4. The summed E-state index contributed by atoms with van der Waals surface area (Å²) in [5.41, 5.74) is 12.9. The van der Waals surface area contributed by atoms with Gasteiger partial charge in [0.2, 0.25) is 0 Å². The Kier molecular flexibility index (Phi) is 19.4. The van der Waals surface area contributed by atoms with Crippen LogP contribution in [-0.2, 0) is 27.1 Å². The molecule has 0 saturated carbocycles. The standard InChI is InChI=1S/C62H80N2O3/c1-5-61(6-2,7-3)47-65-45-21-11-9-15-23-51-29-37-57(38-30-51)63(55-25-17-13-18-26-55)59-41-33-53(34-42-59)54-35-43-60(44-36-54)64(56-27-19-14-20-28-56)58-39-31-52(32-40-58)24-16-10-12-22-46-66-48-62(8-4)49-67-50-62/h13,17-19,25-44H,5-12,14-16,20-24,45-50H2,1-4H3. The molecular formula is C62H80N2O3. The van der Waals surface area contributed by atoms with Gasteiger partial charge in [0, 0.05) is 52.8 Å². The van der Waals surface area contributed by atoms with Crippen LogP contribution in [0.3, 0.4) is 0 Å². The van der Waals surface area contributed by atoms with E-state index in [9.17, 15) is 0 Å². The third-order valence-electron chi connectivity index (χ3n) is 14.9. The molecule has 0 amide bonds. The lowest BCUT2D eigenvalue weighted by atomic mass is 9.81. The normalized spacial score (nSPS) is 14.4. The lowest BCUT2D eigenvalue weighted by Crippen LogP contribution is -2.45. The van der Waals surface area contributed by atoms with Gasteiger partial charge in [-0.05, 0) is 171 Å². The number of allylic oxidation sites excluding steroid dienone is 3. The van der Waals surface area contributed by atoms with Crippen LogP contribution in [-0.4, -0.2) is 39.6 Å². The number of unbranched alkanes of at least 4 members (excludes halogenated alkanes) is 6. The molecule has 67 heavy (non-hydrogen) atoms. The van der Waals surface area contributed by atoms with Gasteiger partial charge in [-0.2, -0.15) is 0 Å². The van der Waals surface area contributed by atoms with Gasteiger partial charge < -0.3 is 24.0 Å². The van der Waals surface area contributed by atoms with Crippen LogP contribution in [0.1, 0.15) is 129 Å². The molecule has 0 aromatic heterocycles. The van der Waals surface area contributed by atoms with Gasteiger partial charge in [0.15, 0.2) is 0 Å². The maximum atomic E-state index is 6.13. The van der Waals surface area contributed by atoms with Crippen LogP contribution < -0.4 is 9.80 Å². The van der Waals surface area contributed by atoms with Gasteiger partial charge in [-0.3, -0.25) is 0 Å². The molecule has 5 nitrogen and oxygen atoms in total. The highest BCUT2D eigenvalue weighted by Gasteiger charge is 2.36. The summed E-state index contributed by atoms with van der Waals surface area (Å²) < 4.78 is 17.6. The minimum Gasteiger partial charge on any atom is -0.381 e. The zero-order valence-electron chi connectivity index (χ0n) is 41.5. The van der Waals surface area contributed by atoms with Crippen molar-refractivity contribution in [3.8, 4) is 11.1 Å². The first kappa shape index (κ1) is 50.0. The van der Waals surface area contributed by atoms with Crippen molar-refractivity contribution in [1.82, 2.24) is 0 Å². The van der Waals surface area contributed by atoms with Crippen LogP contribution in [0.15, 0.2) is 151 Å². The van der Waals surface area contributed by atoms with Gasteiger partial charge >= 0.3 is 0 Å². The van der Waals surface area contributed by atoms with Crippen molar-refractivity contribution in [2.24, 2.45) is 10.8 Å². The van der Waals surface area contributed by atoms with E-state index in [0.717, 1.165) is 96.0 Å². The topological polar surface area (TPSA) is 34.2 Å². The van der Waals surface area contributed by atoms with Crippen LogP contribution in [0.5, 0.6) is 0 Å². The van der Waals surface area contributed by atoms with Crippen molar-refractivity contribution in [1.29, 1.82) is 0 Å². The number of para-hydroxylation sites is 1. The highest BCUT2D eigenvalue weighted by molar-refractivity contribution is 5.79. The summed E-state index contributed by atoms with van der Waals surface area (Å²) in [6, 6.07) is 47.3. The van der Waals surface area contributed by atoms with Gasteiger partial charge in [-0.15, -0.1) is 0 Å². The molecule has 7 rings (SSSR count). The van der Waals surface area contributed by atoms with Crippen molar-refractivity contribution in [3.63, 3.8) is 0 Å². The van der Waals surface area contributed by atoms with Crippen LogP contribution in [0.25, 0.3) is 11.1 Å². The predicted octanol–water partition coefficient (Wildman–Crippen LogP) is 17.1. The molecule has 1 aliphatic heterocycles. The molecule has 0 N–H and O–H groups in total. The number of hydrogen-bond acceptors (Lipinski definition) is 5. The van der Waals surface area contributed by atoms with Crippen LogP contribution >= 0.6 is 0 Å². The van der Waals surface area contributed by atoms with E-state index in [0.29, 0.717) is 5.41 Å². The fraction of sp³-hybridized carbons (Fsp3) is 0.452. The Labute approximate surface area is 405 Å². The lowest BCUT2D eigenvalue weighted by molar-refractivity contribution is -0.150. The van der Waals surface area contributed by atoms with E-state index in [1.54, 1.807) is 0 Å². The zero-order valence-corrected chi connectivity index (χ0v) is 41.5. The minimum absolute atomic E-state index is 0.284. The van der Waals surface area contributed by atoms with Gasteiger partial charge in [0.25, 0.3) is 0 Å². The Morgan fingerprint density at radius 3 is 1.45 bits per heavy atom. The number of rotatable bonds is 29. The van der Waals surface area contributed by atoms with Crippen molar-refractivity contribution in [2.45, 2.75) is 130 Å². The van der Waals surface area contributed by atoms with Crippen LogP contribution in [0, 0.1) is 10.8 Å². The first-order valence-corrected chi connectivity index (χ1v) is 26.1. The molecule has 0 spiro atoms. The Morgan fingerprint density at radius 2 is 0.985 bits per heavy atom. The zero-order chi connectivity index (χ0) is 46.6. The molecule has 5 heteroatoms. The summed E-state index contributed by atoms with van der Waals surface area (Å²) in [7, 11) is 0. The molecule has 5 aromatic rings. The van der Waals surface area contributed by atoms with E-state index in [2.05, 4.69) is 183 Å².